The van der Waals surface area contributed by atoms with Gasteiger partial charge in [0.2, 0.25) is 0 Å². The lowest BCUT2D eigenvalue weighted by Gasteiger charge is -2.58. The van der Waals surface area contributed by atoms with Crippen molar-refractivity contribution >= 4 is 17.5 Å². The van der Waals surface area contributed by atoms with Crippen LogP contribution in [0.4, 0.5) is 0 Å². The molecule has 0 unspecified atom stereocenters. The second kappa shape index (κ2) is 5.23. The van der Waals surface area contributed by atoms with Gasteiger partial charge in [-0.25, -0.2) is 0 Å². The van der Waals surface area contributed by atoms with Gasteiger partial charge >= 0.3 is 0 Å². The lowest BCUT2D eigenvalue weighted by atomic mass is 9.47. The number of aliphatic hydroxyl groups excluding tert-OH is 1. The molecule has 0 aromatic rings. The number of hydrogen-bond donors (Lipinski definition) is 1. The number of carbonyl (C=O) groups excluding carboxylic acids is 1. The summed E-state index contributed by atoms with van der Waals surface area (Å²) >= 11 is 2.00. The summed E-state index contributed by atoms with van der Waals surface area (Å²) in [4.78, 5) is 11.8. The Kier molecular flexibility index (Phi) is 3.63. The Morgan fingerprint density at radius 2 is 2.04 bits per heavy atom. The Morgan fingerprint density at radius 3 is 2.78 bits per heavy atom. The number of aliphatic hydroxyl groups is 1. The average molecular weight is 333 g/mol. The highest BCUT2D eigenvalue weighted by atomic mass is 32.2. The van der Waals surface area contributed by atoms with Crippen molar-refractivity contribution < 1.29 is 9.90 Å². The molecule has 3 heteroatoms. The maximum Gasteiger partial charge on any atom is 0.178 e. The van der Waals surface area contributed by atoms with Gasteiger partial charge in [0, 0.05) is 16.6 Å². The third-order valence-electron chi connectivity index (χ3n) is 7.69. The van der Waals surface area contributed by atoms with E-state index in [1.165, 1.54) is 18.4 Å². The molecule has 4 aliphatic rings. The zero-order valence-electron chi connectivity index (χ0n) is 14.4. The van der Waals surface area contributed by atoms with Gasteiger partial charge in [-0.2, -0.15) is 11.8 Å². The highest BCUT2D eigenvalue weighted by molar-refractivity contribution is 7.99. The molecule has 0 amide bonds. The number of allylic oxidation sites excluding steroid dienone is 4. The van der Waals surface area contributed by atoms with Crippen LogP contribution in [0, 0.1) is 28.6 Å². The molecule has 0 saturated heterocycles. The third kappa shape index (κ3) is 2.08. The molecule has 4 aliphatic carbocycles. The fourth-order valence-electron chi connectivity index (χ4n) is 6.67. The molecule has 1 N–H and O–H groups in total. The first kappa shape index (κ1) is 16.0. The summed E-state index contributed by atoms with van der Waals surface area (Å²) in [5, 5.41) is 11.8. The second-order valence-electron chi connectivity index (χ2n) is 8.60. The zero-order chi connectivity index (χ0) is 16.4. The summed E-state index contributed by atoms with van der Waals surface area (Å²) in [7, 11) is 0. The molecular weight excluding hydrogens is 304 g/mol. The minimum atomic E-state index is -0.249. The highest BCUT2D eigenvalue weighted by Gasteiger charge is 2.61. The zero-order valence-corrected chi connectivity index (χ0v) is 15.2. The predicted molar refractivity (Wildman–Crippen MR) is 95.3 cm³/mol. The molecule has 7 atom stereocenters. The van der Waals surface area contributed by atoms with Crippen LogP contribution in [0.25, 0.3) is 0 Å². The van der Waals surface area contributed by atoms with Gasteiger partial charge in [-0.3, -0.25) is 4.79 Å². The summed E-state index contributed by atoms with van der Waals surface area (Å²) in [6.07, 6.45) is 13.4. The standard InChI is InChI=1S/C20H28O2S/c1-19-9-8-13(21)10-12(19)4-5-14-15-6-7-17(23-3)20(15,2)11-16(22)18(14)19/h8-10,14-18,22H,4-7,11H2,1-3H3/t14-,15-,16-,17+,18+,19-,20-/m0/s1. The van der Waals surface area contributed by atoms with Gasteiger partial charge in [0.25, 0.3) is 0 Å². The molecule has 2 nitrogen and oxygen atoms in total. The SMILES string of the molecule is CS[C@@H]1CC[C@H]2[C@@H]3CCC4=CC(=O)C=C[C@]4(C)[C@H]3[C@@H](O)C[C@]12C. The summed E-state index contributed by atoms with van der Waals surface area (Å²) in [6.45, 7) is 4.69. The van der Waals surface area contributed by atoms with Crippen molar-refractivity contribution in [2.45, 2.75) is 57.3 Å². The fourth-order valence-corrected chi connectivity index (χ4v) is 7.85. The predicted octanol–water partition coefficient (Wildman–Crippen LogP) is 4.00. The van der Waals surface area contributed by atoms with Gasteiger partial charge in [-0.15, -0.1) is 0 Å². The maximum atomic E-state index is 11.8. The van der Waals surface area contributed by atoms with E-state index in [1.807, 2.05) is 17.8 Å². The van der Waals surface area contributed by atoms with Crippen molar-refractivity contribution in [1.82, 2.24) is 0 Å². The second-order valence-corrected chi connectivity index (χ2v) is 9.64. The normalized spacial score (nSPS) is 51.7. The summed E-state index contributed by atoms with van der Waals surface area (Å²) < 4.78 is 0. The summed E-state index contributed by atoms with van der Waals surface area (Å²) in [5.41, 5.74) is 1.43. The monoisotopic (exact) mass is 332 g/mol. The maximum absolute atomic E-state index is 11.8. The van der Waals surface area contributed by atoms with E-state index in [2.05, 4.69) is 26.2 Å². The van der Waals surface area contributed by atoms with Crippen molar-refractivity contribution in [3.05, 3.63) is 23.8 Å². The van der Waals surface area contributed by atoms with Crippen molar-refractivity contribution in [2.24, 2.45) is 28.6 Å². The number of hydrogen-bond acceptors (Lipinski definition) is 3. The topological polar surface area (TPSA) is 37.3 Å². The Labute approximate surface area is 143 Å². The lowest BCUT2D eigenvalue weighted by Crippen LogP contribution is -2.56. The quantitative estimate of drug-likeness (QED) is 0.789. The number of thioether (sulfide) groups is 1. The number of fused-ring (bicyclic) bond motifs is 5. The van der Waals surface area contributed by atoms with Gasteiger partial charge < -0.3 is 5.11 Å². The van der Waals surface area contributed by atoms with E-state index in [0.717, 1.165) is 25.2 Å². The van der Waals surface area contributed by atoms with E-state index in [9.17, 15) is 9.90 Å². The molecule has 3 fully saturated rings. The van der Waals surface area contributed by atoms with Crippen LogP contribution >= 0.6 is 11.8 Å². The van der Waals surface area contributed by atoms with Gasteiger partial charge in [-0.05, 0) is 67.8 Å². The van der Waals surface area contributed by atoms with Crippen LogP contribution < -0.4 is 0 Å². The molecule has 0 spiro atoms. The van der Waals surface area contributed by atoms with Crippen LogP contribution in [-0.2, 0) is 4.79 Å². The molecule has 126 valence electrons. The first-order chi connectivity index (χ1) is 10.9. The molecule has 0 heterocycles. The van der Waals surface area contributed by atoms with Crippen LogP contribution in [0.2, 0.25) is 0 Å². The Balaban J connectivity index is 1.73. The molecule has 23 heavy (non-hydrogen) atoms. The van der Waals surface area contributed by atoms with Crippen LogP contribution in [0.1, 0.15) is 46.0 Å². The van der Waals surface area contributed by atoms with Crippen LogP contribution in [0.3, 0.4) is 0 Å². The van der Waals surface area contributed by atoms with Crippen LogP contribution in [0.5, 0.6) is 0 Å². The van der Waals surface area contributed by atoms with E-state index in [1.54, 1.807) is 6.08 Å². The Bertz CT molecular complexity index is 594. The largest absolute Gasteiger partial charge is 0.393 e. The molecule has 0 bridgehead atoms. The molecular formula is C20H28O2S. The summed E-state index contributed by atoms with van der Waals surface area (Å²) in [5.74, 6) is 1.73. The fraction of sp³-hybridized carbons (Fsp3) is 0.750. The van der Waals surface area contributed by atoms with Gasteiger partial charge in [0.05, 0.1) is 6.10 Å². The first-order valence-electron chi connectivity index (χ1n) is 9.05. The van der Waals surface area contributed by atoms with E-state index >= 15 is 0 Å². The van der Waals surface area contributed by atoms with Crippen molar-refractivity contribution in [1.29, 1.82) is 0 Å². The van der Waals surface area contributed by atoms with Gasteiger partial charge in [0.1, 0.15) is 0 Å². The molecule has 0 radical (unpaired) electrons. The number of rotatable bonds is 1. The lowest BCUT2D eigenvalue weighted by molar-refractivity contribution is -0.113. The smallest absolute Gasteiger partial charge is 0.178 e. The summed E-state index contributed by atoms with van der Waals surface area (Å²) in [6, 6.07) is 0. The molecule has 0 aromatic carbocycles. The van der Waals surface area contributed by atoms with Crippen LogP contribution in [0.15, 0.2) is 23.8 Å². The van der Waals surface area contributed by atoms with E-state index in [4.69, 9.17) is 0 Å². The molecule has 0 aliphatic heterocycles. The van der Waals surface area contributed by atoms with Gasteiger partial charge in [-0.1, -0.05) is 25.5 Å². The number of ketones is 1. The van der Waals surface area contributed by atoms with Crippen molar-refractivity contribution in [3.8, 4) is 0 Å². The van der Waals surface area contributed by atoms with Crippen LogP contribution in [-0.4, -0.2) is 28.5 Å². The van der Waals surface area contributed by atoms with E-state index < -0.39 is 0 Å². The molecule has 4 rings (SSSR count). The number of carbonyl (C=O) groups is 1. The minimum absolute atomic E-state index is 0.116. The van der Waals surface area contributed by atoms with Crippen molar-refractivity contribution in [2.75, 3.05) is 6.26 Å². The first-order valence-corrected chi connectivity index (χ1v) is 10.3. The minimum Gasteiger partial charge on any atom is -0.393 e. The molecule has 3 saturated carbocycles. The van der Waals surface area contributed by atoms with Gasteiger partial charge in [0.15, 0.2) is 5.78 Å². The molecule has 0 aromatic heterocycles. The van der Waals surface area contributed by atoms with E-state index in [-0.39, 0.29) is 28.6 Å². The van der Waals surface area contributed by atoms with Crippen molar-refractivity contribution in [3.63, 3.8) is 0 Å². The van der Waals surface area contributed by atoms with E-state index in [0.29, 0.717) is 11.2 Å². The Hall–Kier alpha value is -0.540. The highest BCUT2D eigenvalue weighted by Crippen LogP contribution is 2.65. The Morgan fingerprint density at radius 1 is 1.26 bits per heavy atom. The third-order valence-corrected chi connectivity index (χ3v) is 9.03. The average Bonchev–Trinajstić information content (AvgIpc) is 2.83.